The molecule has 1 amide bonds. The molecule has 0 bridgehead atoms. The summed E-state index contributed by atoms with van der Waals surface area (Å²) in [5.74, 6) is 2.92. The zero-order chi connectivity index (χ0) is 17.2. The van der Waals surface area contributed by atoms with E-state index in [9.17, 15) is 4.79 Å². The van der Waals surface area contributed by atoms with Gasteiger partial charge in [-0.15, -0.1) is 0 Å². The second-order valence-electron chi connectivity index (χ2n) is 9.27. The van der Waals surface area contributed by atoms with Gasteiger partial charge in [0.2, 0.25) is 5.91 Å². The van der Waals surface area contributed by atoms with Gasteiger partial charge in [0.05, 0.1) is 0 Å². The molecule has 0 unspecified atom stereocenters. The van der Waals surface area contributed by atoms with Gasteiger partial charge in [0.1, 0.15) is 0 Å². The molecule has 0 radical (unpaired) electrons. The van der Waals surface area contributed by atoms with E-state index in [0.717, 1.165) is 31.3 Å². The highest BCUT2D eigenvalue weighted by atomic mass is 16.2. The standard InChI is InChI=1S/C20H38N2O/c1-15(2)17-7-10-21(11-8-17)13-18-9-12-22(14-20(18,5)6)19(23)16(3)4/h15-18H,7-14H2,1-6H3/t18-/m0/s1. The Hall–Kier alpha value is -0.570. The van der Waals surface area contributed by atoms with E-state index < -0.39 is 0 Å². The third-order valence-electron chi connectivity index (χ3n) is 6.31. The van der Waals surface area contributed by atoms with Gasteiger partial charge in [-0.3, -0.25) is 4.79 Å². The molecule has 2 aliphatic heterocycles. The summed E-state index contributed by atoms with van der Waals surface area (Å²) < 4.78 is 0. The normalized spacial score (nSPS) is 27.0. The number of piperidine rings is 2. The average Bonchev–Trinajstić information content (AvgIpc) is 2.48. The summed E-state index contributed by atoms with van der Waals surface area (Å²) in [6.07, 6.45) is 3.89. The van der Waals surface area contributed by atoms with Crippen LogP contribution in [0.5, 0.6) is 0 Å². The predicted molar refractivity (Wildman–Crippen MR) is 97.3 cm³/mol. The first-order valence-corrected chi connectivity index (χ1v) is 9.72. The minimum Gasteiger partial charge on any atom is -0.342 e. The van der Waals surface area contributed by atoms with Crippen molar-refractivity contribution in [3.8, 4) is 0 Å². The number of nitrogens with zero attached hydrogens (tertiary/aromatic N) is 2. The van der Waals surface area contributed by atoms with E-state index in [0.29, 0.717) is 11.8 Å². The van der Waals surface area contributed by atoms with Gasteiger partial charge in [-0.2, -0.15) is 0 Å². The number of amides is 1. The smallest absolute Gasteiger partial charge is 0.225 e. The highest BCUT2D eigenvalue weighted by Gasteiger charge is 2.39. The number of hydrogen-bond donors (Lipinski definition) is 0. The van der Waals surface area contributed by atoms with Crippen molar-refractivity contribution in [3.63, 3.8) is 0 Å². The molecule has 1 atom stereocenters. The van der Waals surface area contributed by atoms with E-state index in [1.807, 2.05) is 13.8 Å². The SMILES string of the molecule is CC(C)C(=O)N1CC[C@@H](CN2CCC(C(C)C)CC2)C(C)(C)C1. The lowest BCUT2D eigenvalue weighted by molar-refractivity contribution is -0.139. The van der Waals surface area contributed by atoms with E-state index in [-0.39, 0.29) is 11.3 Å². The number of rotatable bonds is 4. The van der Waals surface area contributed by atoms with Gasteiger partial charge >= 0.3 is 0 Å². The summed E-state index contributed by atoms with van der Waals surface area (Å²) in [6.45, 7) is 19.1. The van der Waals surface area contributed by atoms with Gasteiger partial charge in [0.25, 0.3) is 0 Å². The molecular formula is C20H38N2O. The molecule has 2 rings (SSSR count). The van der Waals surface area contributed by atoms with Crippen molar-refractivity contribution in [3.05, 3.63) is 0 Å². The molecule has 3 nitrogen and oxygen atoms in total. The fraction of sp³-hybridized carbons (Fsp3) is 0.950. The minimum atomic E-state index is 0.123. The molecule has 0 spiro atoms. The monoisotopic (exact) mass is 322 g/mol. The first-order chi connectivity index (χ1) is 10.7. The molecule has 0 N–H and O–H groups in total. The van der Waals surface area contributed by atoms with Crippen LogP contribution in [0.3, 0.4) is 0 Å². The van der Waals surface area contributed by atoms with Crippen molar-refractivity contribution in [2.24, 2.45) is 29.1 Å². The summed E-state index contributed by atoms with van der Waals surface area (Å²) in [6, 6.07) is 0. The largest absolute Gasteiger partial charge is 0.342 e. The second kappa shape index (κ2) is 7.55. The Morgan fingerprint density at radius 2 is 1.65 bits per heavy atom. The minimum absolute atomic E-state index is 0.123. The van der Waals surface area contributed by atoms with Crippen LogP contribution in [0.15, 0.2) is 0 Å². The second-order valence-corrected chi connectivity index (χ2v) is 9.27. The molecule has 2 fully saturated rings. The van der Waals surface area contributed by atoms with Gasteiger partial charge in [-0.05, 0) is 55.5 Å². The van der Waals surface area contributed by atoms with Gasteiger partial charge in [0, 0.05) is 25.6 Å². The van der Waals surface area contributed by atoms with Crippen LogP contribution in [-0.4, -0.2) is 48.4 Å². The van der Waals surface area contributed by atoms with Crippen molar-refractivity contribution in [2.45, 2.75) is 60.8 Å². The van der Waals surface area contributed by atoms with Crippen LogP contribution in [0, 0.1) is 29.1 Å². The zero-order valence-corrected chi connectivity index (χ0v) is 16.3. The van der Waals surface area contributed by atoms with Gasteiger partial charge in [0.15, 0.2) is 0 Å². The van der Waals surface area contributed by atoms with Crippen LogP contribution < -0.4 is 0 Å². The molecule has 0 aromatic carbocycles. The molecular weight excluding hydrogens is 284 g/mol. The molecule has 0 aliphatic carbocycles. The number of likely N-dealkylation sites (tertiary alicyclic amines) is 2. The summed E-state index contributed by atoms with van der Waals surface area (Å²) in [5, 5.41) is 0. The molecule has 134 valence electrons. The lowest BCUT2D eigenvalue weighted by atomic mass is 9.73. The topological polar surface area (TPSA) is 23.6 Å². The van der Waals surface area contributed by atoms with Crippen LogP contribution in [0.4, 0.5) is 0 Å². The van der Waals surface area contributed by atoms with E-state index in [4.69, 9.17) is 0 Å². The van der Waals surface area contributed by atoms with Crippen LogP contribution in [0.1, 0.15) is 60.8 Å². The Bertz CT molecular complexity index is 394. The van der Waals surface area contributed by atoms with E-state index in [1.165, 1.54) is 32.5 Å². The molecule has 0 saturated carbocycles. The Labute approximate surface area is 143 Å². The maximum absolute atomic E-state index is 12.3. The number of hydrogen-bond acceptors (Lipinski definition) is 2. The van der Waals surface area contributed by atoms with Gasteiger partial charge < -0.3 is 9.80 Å². The third kappa shape index (κ3) is 4.71. The Kier molecular flexibility index (Phi) is 6.16. The molecule has 2 saturated heterocycles. The first kappa shape index (κ1) is 18.8. The van der Waals surface area contributed by atoms with Crippen molar-refractivity contribution >= 4 is 5.91 Å². The Balaban J connectivity index is 1.86. The third-order valence-corrected chi connectivity index (χ3v) is 6.31. The predicted octanol–water partition coefficient (Wildman–Crippen LogP) is 3.89. The lowest BCUT2D eigenvalue weighted by Crippen LogP contribution is -2.52. The number of carbonyl (C=O) groups excluding carboxylic acids is 1. The van der Waals surface area contributed by atoms with Gasteiger partial charge in [-0.1, -0.05) is 41.5 Å². The van der Waals surface area contributed by atoms with E-state index in [1.54, 1.807) is 0 Å². The summed E-state index contributed by atoms with van der Waals surface area (Å²) in [5.41, 5.74) is 0.234. The van der Waals surface area contributed by atoms with Crippen LogP contribution >= 0.6 is 0 Å². The molecule has 0 aromatic heterocycles. The maximum Gasteiger partial charge on any atom is 0.225 e. The van der Waals surface area contributed by atoms with Crippen molar-refractivity contribution in [1.29, 1.82) is 0 Å². The van der Waals surface area contributed by atoms with Crippen LogP contribution in [-0.2, 0) is 4.79 Å². The maximum atomic E-state index is 12.3. The van der Waals surface area contributed by atoms with Crippen molar-refractivity contribution in [2.75, 3.05) is 32.7 Å². The lowest BCUT2D eigenvalue weighted by Gasteiger charge is -2.47. The van der Waals surface area contributed by atoms with Gasteiger partial charge in [-0.25, -0.2) is 0 Å². The zero-order valence-electron chi connectivity index (χ0n) is 16.3. The highest BCUT2D eigenvalue weighted by Crippen LogP contribution is 2.37. The van der Waals surface area contributed by atoms with Crippen LogP contribution in [0.2, 0.25) is 0 Å². The Morgan fingerprint density at radius 3 is 2.13 bits per heavy atom. The summed E-state index contributed by atoms with van der Waals surface area (Å²) >= 11 is 0. The quantitative estimate of drug-likeness (QED) is 0.784. The fourth-order valence-corrected chi connectivity index (χ4v) is 4.41. The number of carbonyl (C=O) groups is 1. The highest BCUT2D eigenvalue weighted by molar-refractivity contribution is 5.78. The Morgan fingerprint density at radius 1 is 1.04 bits per heavy atom. The molecule has 2 heterocycles. The first-order valence-electron chi connectivity index (χ1n) is 9.72. The summed E-state index contributed by atoms with van der Waals surface area (Å²) in [4.78, 5) is 17.1. The molecule has 3 heteroatoms. The van der Waals surface area contributed by atoms with Crippen LogP contribution in [0.25, 0.3) is 0 Å². The van der Waals surface area contributed by atoms with Crippen molar-refractivity contribution in [1.82, 2.24) is 9.80 Å². The summed E-state index contributed by atoms with van der Waals surface area (Å²) in [7, 11) is 0. The molecule has 0 aromatic rings. The van der Waals surface area contributed by atoms with E-state index in [2.05, 4.69) is 37.5 Å². The fourth-order valence-electron chi connectivity index (χ4n) is 4.41. The average molecular weight is 323 g/mol. The van der Waals surface area contributed by atoms with E-state index >= 15 is 0 Å². The molecule has 23 heavy (non-hydrogen) atoms. The molecule has 2 aliphatic rings. The van der Waals surface area contributed by atoms with Crippen molar-refractivity contribution < 1.29 is 4.79 Å².